The quantitative estimate of drug-likeness (QED) is 0.505. The van der Waals surface area contributed by atoms with Crippen LogP contribution in [0.3, 0.4) is 0 Å². The van der Waals surface area contributed by atoms with Crippen LogP contribution in [0.4, 0.5) is 11.4 Å². The van der Waals surface area contributed by atoms with Crippen molar-refractivity contribution in [2.45, 2.75) is 29.7 Å². The van der Waals surface area contributed by atoms with Crippen molar-refractivity contribution in [2.75, 3.05) is 16.7 Å². The number of benzene rings is 3. The van der Waals surface area contributed by atoms with E-state index >= 15 is 0 Å². The molecule has 3 aromatic rings. The molecule has 2 N–H and O–H groups in total. The molecule has 3 rings (SSSR count). The Bertz CT molecular complexity index is 1340. The molecule has 0 unspecified atom stereocenters. The summed E-state index contributed by atoms with van der Waals surface area (Å²) in [5, 5.41) is 2.65. The van der Waals surface area contributed by atoms with Crippen LogP contribution in [-0.4, -0.2) is 35.8 Å². The summed E-state index contributed by atoms with van der Waals surface area (Å²) in [6.07, 6.45) is 0. The molecular formula is C23H25N3O5S2. The number of hydrogen-bond acceptors (Lipinski definition) is 5. The highest BCUT2D eigenvalue weighted by Crippen LogP contribution is 2.24. The Hall–Kier alpha value is -3.21. The number of para-hydroxylation sites is 1. The standard InChI is InChI=1S/C23H25N3O5S2/c1-17(2)25-32(28,29)21-14-12-18(13-15-21)23(27)24-19-8-7-11-22(16-19)33(30,31)26(3)20-9-5-4-6-10-20/h4-17,25H,1-3H3,(H,24,27). The second-order valence-corrected chi connectivity index (χ2v) is 11.3. The summed E-state index contributed by atoms with van der Waals surface area (Å²) in [5.74, 6) is -0.498. The summed E-state index contributed by atoms with van der Waals surface area (Å²) < 4.78 is 54.1. The van der Waals surface area contributed by atoms with Crippen LogP contribution in [0.15, 0.2) is 88.7 Å². The lowest BCUT2D eigenvalue weighted by Gasteiger charge is -2.20. The van der Waals surface area contributed by atoms with Gasteiger partial charge in [-0.1, -0.05) is 24.3 Å². The van der Waals surface area contributed by atoms with Gasteiger partial charge in [0.15, 0.2) is 0 Å². The molecule has 33 heavy (non-hydrogen) atoms. The van der Waals surface area contributed by atoms with Crippen molar-refractivity contribution >= 4 is 37.3 Å². The van der Waals surface area contributed by atoms with Crippen molar-refractivity contribution in [2.24, 2.45) is 0 Å². The molecule has 0 heterocycles. The van der Waals surface area contributed by atoms with Crippen LogP contribution in [-0.2, 0) is 20.0 Å². The van der Waals surface area contributed by atoms with E-state index in [-0.39, 0.29) is 21.4 Å². The third kappa shape index (κ3) is 5.78. The Kier molecular flexibility index (Phi) is 7.21. The van der Waals surface area contributed by atoms with E-state index in [0.29, 0.717) is 11.4 Å². The fourth-order valence-electron chi connectivity index (χ4n) is 3.04. The number of anilines is 2. The zero-order valence-electron chi connectivity index (χ0n) is 18.4. The molecule has 0 saturated carbocycles. The van der Waals surface area contributed by atoms with Gasteiger partial charge in [-0.3, -0.25) is 9.10 Å². The van der Waals surface area contributed by atoms with E-state index < -0.39 is 26.0 Å². The number of nitrogens with zero attached hydrogens (tertiary/aromatic N) is 1. The van der Waals surface area contributed by atoms with Gasteiger partial charge < -0.3 is 5.32 Å². The summed E-state index contributed by atoms with van der Waals surface area (Å²) >= 11 is 0. The van der Waals surface area contributed by atoms with Crippen LogP contribution in [0.1, 0.15) is 24.2 Å². The minimum absolute atomic E-state index is 0.0212. The molecule has 0 bridgehead atoms. The monoisotopic (exact) mass is 487 g/mol. The molecule has 0 aliphatic carbocycles. The second kappa shape index (κ2) is 9.74. The number of amides is 1. The Morgan fingerprint density at radius 1 is 0.818 bits per heavy atom. The summed E-state index contributed by atoms with van der Waals surface area (Å²) in [5.41, 5.74) is 1.03. The molecule has 1 amide bonds. The van der Waals surface area contributed by atoms with Gasteiger partial charge in [0.05, 0.1) is 15.5 Å². The molecule has 0 saturated heterocycles. The van der Waals surface area contributed by atoms with Crippen molar-refractivity contribution in [1.29, 1.82) is 0 Å². The molecule has 0 spiro atoms. The largest absolute Gasteiger partial charge is 0.322 e. The van der Waals surface area contributed by atoms with Crippen molar-refractivity contribution in [3.8, 4) is 0 Å². The first-order chi connectivity index (χ1) is 15.5. The number of carbonyl (C=O) groups is 1. The minimum atomic E-state index is -3.84. The maximum Gasteiger partial charge on any atom is 0.264 e. The molecule has 0 atom stereocenters. The molecule has 0 aliphatic rings. The normalized spacial score (nSPS) is 11.9. The van der Waals surface area contributed by atoms with Crippen molar-refractivity contribution in [1.82, 2.24) is 4.72 Å². The van der Waals surface area contributed by atoms with Gasteiger partial charge in [-0.2, -0.15) is 0 Å². The molecule has 8 nitrogen and oxygen atoms in total. The van der Waals surface area contributed by atoms with Gasteiger partial charge in [-0.15, -0.1) is 0 Å². The van der Waals surface area contributed by atoms with Gasteiger partial charge in [0, 0.05) is 24.3 Å². The number of hydrogen-bond donors (Lipinski definition) is 2. The number of carbonyl (C=O) groups excluding carboxylic acids is 1. The molecule has 0 fully saturated rings. The van der Waals surface area contributed by atoms with Gasteiger partial charge in [0.25, 0.3) is 15.9 Å². The predicted molar refractivity (Wildman–Crippen MR) is 128 cm³/mol. The maximum atomic E-state index is 13.0. The van der Waals surface area contributed by atoms with E-state index in [4.69, 9.17) is 0 Å². The van der Waals surface area contributed by atoms with Gasteiger partial charge >= 0.3 is 0 Å². The van der Waals surface area contributed by atoms with E-state index in [1.165, 1.54) is 49.5 Å². The lowest BCUT2D eigenvalue weighted by molar-refractivity contribution is 0.102. The van der Waals surface area contributed by atoms with Gasteiger partial charge in [-0.05, 0) is 68.4 Å². The SMILES string of the molecule is CC(C)NS(=O)(=O)c1ccc(C(=O)Nc2cccc(S(=O)(=O)N(C)c3ccccc3)c2)cc1. The lowest BCUT2D eigenvalue weighted by atomic mass is 10.2. The number of rotatable bonds is 8. The molecule has 0 aromatic heterocycles. The first kappa shape index (κ1) is 24.4. The van der Waals surface area contributed by atoms with Crippen molar-refractivity contribution in [3.05, 3.63) is 84.4 Å². The summed E-state index contributed by atoms with van der Waals surface area (Å²) in [4.78, 5) is 12.7. The Labute approximate surface area is 194 Å². The Balaban J connectivity index is 1.78. The minimum Gasteiger partial charge on any atom is -0.322 e. The first-order valence-electron chi connectivity index (χ1n) is 10.1. The Morgan fingerprint density at radius 3 is 2.06 bits per heavy atom. The highest BCUT2D eigenvalue weighted by atomic mass is 32.2. The fraction of sp³-hybridized carbons (Fsp3) is 0.174. The van der Waals surface area contributed by atoms with E-state index in [1.807, 2.05) is 0 Å². The average molecular weight is 488 g/mol. The van der Waals surface area contributed by atoms with E-state index in [2.05, 4.69) is 10.0 Å². The van der Waals surface area contributed by atoms with Crippen molar-refractivity contribution in [3.63, 3.8) is 0 Å². The zero-order chi connectivity index (χ0) is 24.2. The van der Waals surface area contributed by atoms with Crippen LogP contribution < -0.4 is 14.3 Å². The highest BCUT2D eigenvalue weighted by molar-refractivity contribution is 7.92. The van der Waals surface area contributed by atoms with Crippen LogP contribution in [0.5, 0.6) is 0 Å². The highest BCUT2D eigenvalue weighted by Gasteiger charge is 2.22. The second-order valence-electron chi connectivity index (χ2n) is 7.59. The van der Waals surface area contributed by atoms with Crippen LogP contribution >= 0.6 is 0 Å². The van der Waals surface area contributed by atoms with Crippen molar-refractivity contribution < 1.29 is 21.6 Å². The predicted octanol–water partition coefficient (Wildman–Crippen LogP) is 3.45. The molecular weight excluding hydrogens is 462 g/mol. The molecule has 174 valence electrons. The molecule has 0 radical (unpaired) electrons. The van der Waals surface area contributed by atoms with Gasteiger partial charge in [0.1, 0.15) is 0 Å². The van der Waals surface area contributed by atoms with Gasteiger partial charge in [0.2, 0.25) is 10.0 Å². The van der Waals surface area contributed by atoms with Crippen LogP contribution in [0, 0.1) is 0 Å². The number of nitrogens with one attached hydrogen (secondary N) is 2. The third-order valence-corrected chi connectivity index (χ3v) is 8.14. The fourth-order valence-corrected chi connectivity index (χ4v) is 5.53. The third-order valence-electron chi connectivity index (χ3n) is 4.69. The van der Waals surface area contributed by atoms with Crippen LogP contribution in [0.25, 0.3) is 0 Å². The molecule has 3 aromatic carbocycles. The van der Waals surface area contributed by atoms with E-state index in [9.17, 15) is 21.6 Å². The Morgan fingerprint density at radius 2 is 1.45 bits per heavy atom. The van der Waals surface area contributed by atoms with E-state index in [0.717, 1.165) is 4.31 Å². The summed E-state index contributed by atoms with van der Waals surface area (Å²) in [6.45, 7) is 3.43. The first-order valence-corrected chi connectivity index (χ1v) is 13.0. The number of sulfonamides is 2. The molecule has 0 aliphatic heterocycles. The lowest BCUT2D eigenvalue weighted by Crippen LogP contribution is -2.30. The summed E-state index contributed by atoms with van der Waals surface area (Å²) in [7, 11) is -6.05. The summed E-state index contributed by atoms with van der Waals surface area (Å²) in [6, 6.07) is 19.8. The topological polar surface area (TPSA) is 113 Å². The smallest absolute Gasteiger partial charge is 0.264 e. The average Bonchev–Trinajstić information content (AvgIpc) is 2.78. The molecule has 10 heteroatoms. The zero-order valence-corrected chi connectivity index (χ0v) is 20.0. The van der Waals surface area contributed by atoms with E-state index in [1.54, 1.807) is 50.2 Å². The van der Waals surface area contributed by atoms with Crippen LogP contribution in [0.2, 0.25) is 0 Å². The maximum absolute atomic E-state index is 13.0. The van der Waals surface area contributed by atoms with Gasteiger partial charge in [-0.25, -0.2) is 21.6 Å².